The molecule has 0 aliphatic carbocycles. The molecule has 0 bridgehead atoms. The van der Waals surface area contributed by atoms with Gasteiger partial charge in [-0.1, -0.05) is 75.0 Å². The van der Waals surface area contributed by atoms with Crippen molar-refractivity contribution in [1.29, 1.82) is 0 Å². The largest absolute Gasteiger partial charge is 1.00 e. The van der Waals surface area contributed by atoms with Crippen LogP contribution < -0.4 is 29.6 Å². The van der Waals surface area contributed by atoms with Gasteiger partial charge in [0.2, 0.25) is 0 Å². The minimum Gasteiger partial charge on any atom is -1.00 e. The predicted molar refractivity (Wildman–Crippen MR) is 78.0 cm³/mol. The minimum atomic E-state index is 0. The van der Waals surface area contributed by atoms with E-state index in [1.807, 2.05) is 0 Å². The summed E-state index contributed by atoms with van der Waals surface area (Å²) in [6.07, 6.45) is 6.59. The monoisotopic (exact) mass is 404 g/mol. The second-order valence-corrected chi connectivity index (χ2v) is 4.86. The van der Waals surface area contributed by atoms with E-state index < -0.39 is 0 Å². The molecule has 0 aromatic heterocycles. The van der Waals surface area contributed by atoms with Crippen LogP contribution >= 0.6 is 47.8 Å². The van der Waals surface area contributed by atoms with Crippen LogP contribution in [0.25, 0.3) is 0 Å². The molecule has 0 radical (unpaired) electrons. The van der Waals surface area contributed by atoms with E-state index in [4.69, 9.17) is 0 Å². The van der Waals surface area contributed by atoms with Crippen molar-refractivity contribution in [3.8, 4) is 0 Å². The van der Waals surface area contributed by atoms with Crippen molar-refractivity contribution in [2.24, 2.45) is 0 Å². The Labute approximate surface area is 140 Å². The topological polar surface area (TPSA) is 0 Å². The summed E-state index contributed by atoms with van der Waals surface area (Å²) in [5.74, 6) is 0. The molecule has 0 N–H and O–H groups in total. The molecule has 0 aliphatic rings. The van der Waals surface area contributed by atoms with Crippen LogP contribution in [-0.2, 0) is 0 Å². The van der Waals surface area contributed by atoms with E-state index in [0.717, 1.165) is 10.7 Å². The summed E-state index contributed by atoms with van der Waals surface area (Å²) in [7, 11) is 0. The summed E-state index contributed by atoms with van der Waals surface area (Å²) in [4.78, 5) is 0. The molecule has 0 saturated carbocycles. The van der Waals surface area contributed by atoms with Crippen LogP contribution in [0.4, 0.5) is 0 Å². The Bertz CT molecular complexity index is 52.6. The summed E-state index contributed by atoms with van der Waals surface area (Å²) in [5.41, 5.74) is 0. The van der Waals surface area contributed by atoms with Crippen LogP contribution in [-0.4, -0.2) is 16.0 Å². The molecular weight excluding hydrogens is 383 g/mol. The zero-order chi connectivity index (χ0) is 9.66. The van der Waals surface area contributed by atoms with Gasteiger partial charge in [-0.05, 0) is 19.3 Å². The van der Waals surface area contributed by atoms with Gasteiger partial charge < -0.3 is 1.43 Å². The number of hydrogen-bond acceptors (Lipinski definition) is 0. The van der Waals surface area contributed by atoms with E-state index in [2.05, 4.69) is 54.7 Å². The second-order valence-electron chi connectivity index (χ2n) is 2.48. The molecule has 0 spiro atoms. The number of alkyl halides is 3. The van der Waals surface area contributed by atoms with Gasteiger partial charge in [0.05, 0.1) is 0 Å². The molecule has 0 aromatic carbocycles. The third-order valence-electron chi connectivity index (χ3n) is 1.25. The zero-order valence-electron chi connectivity index (χ0n) is 9.79. The Morgan fingerprint density at radius 3 is 1.21 bits per heavy atom. The van der Waals surface area contributed by atoms with Gasteiger partial charge in [0.25, 0.3) is 0 Å². The SMILES string of the molecule is BrCCCCBr.C.CCCCCBr.[H-].[Na+]. The van der Waals surface area contributed by atoms with E-state index in [0.29, 0.717) is 0 Å². The molecule has 0 heterocycles. The van der Waals surface area contributed by atoms with Crippen LogP contribution in [0, 0.1) is 0 Å². The Morgan fingerprint density at radius 1 is 0.786 bits per heavy atom. The van der Waals surface area contributed by atoms with Crippen LogP contribution in [0.2, 0.25) is 0 Å². The normalized spacial score (nSPS) is 7.71. The second kappa shape index (κ2) is 29.5. The Balaban J connectivity index is -0.0000000370. The first kappa shape index (κ1) is 25.3. The van der Waals surface area contributed by atoms with Crippen LogP contribution in [0.1, 0.15) is 47.9 Å². The molecule has 0 atom stereocenters. The van der Waals surface area contributed by atoms with Crippen molar-refractivity contribution in [3.63, 3.8) is 0 Å². The molecule has 0 unspecified atom stereocenters. The molecule has 0 rings (SSSR count). The maximum absolute atomic E-state index is 3.35. The standard InChI is InChI=1S/C5H11Br.C4H8Br2.CH4.Na.H/c1-2-3-4-5-6;5-3-1-2-4-6;;;/h2-5H2,1H3;1-4H2;1H4;;/q;;;+1;-1. The fourth-order valence-electron chi connectivity index (χ4n) is 0.533. The quantitative estimate of drug-likeness (QED) is 0.361. The molecule has 14 heavy (non-hydrogen) atoms. The van der Waals surface area contributed by atoms with Gasteiger partial charge in [-0.2, -0.15) is 0 Å². The van der Waals surface area contributed by atoms with E-state index in [1.54, 1.807) is 0 Å². The first-order valence-electron chi connectivity index (χ1n) is 4.51. The first-order chi connectivity index (χ1) is 5.83. The summed E-state index contributed by atoms with van der Waals surface area (Å²) in [5, 5.41) is 3.44. The molecular formula is C10H24Br3Na. The van der Waals surface area contributed by atoms with Crippen LogP contribution in [0.5, 0.6) is 0 Å². The van der Waals surface area contributed by atoms with Crippen LogP contribution in [0.15, 0.2) is 0 Å². The van der Waals surface area contributed by atoms with Crippen molar-refractivity contribution in [2.75, 3.05) is 16.0 Å². The Morgan fingerprint density at radius 2 is 1.07 bits per heavy atom. The molecule has 0 saturated heterocycles. The van der Waals surface area contributed by atoms with Gasteiger partial charge in [0.15, 0.2) is 0 Å². The summed E-state index contributed by atoms with van der Waals surface area (Å²) in [6, 6.07) is 0. The zero-order valence-corrected chi connectivity index (χ0v) is 15.5. The third kappa shape index (κ3) is 36.6. The van der Waals surface area contributed by atoms with Crippen molar-refractivity contribution in [1.82, 2.24) is 0 Å². The van der Waals surface area contributed by atoms with Gasteiger partial charge in [-0.25, -0.2) is 0 Å². The Kier molecular flexibility index (Phi) is 53.4. The van der Waals surface area contributed by atoms with Gasteiger partial charge in [-0.3, -0.25) is 0 Å². The van der Waals surface area contributed by atoms with Crippen LogP contribution in [0.3, 0.4) is 0 Å². The molecule has 0 fully saturated rings. The molecule has 0 nitrogen and oxygen atoms in total. The average Bonchev–Trinajstić information content (AvgIpc) is 2.12. The molecule has 4 heteroatoms. The van der Waals surface area contributed by atoms with E-state index in [-0.39, 0.29) is 38.4 Å². The maximum atomic E-state index is 3.35. The first-order valence-corrected chi connectivity index (χ1v) is 7.87. The van der Waals surface area contributed by atoms with Crippen molar-refractivity contribution < 1.29 is 31.0 Å². The Hall–Kier alpha value is 2.44. The summed E-state index contributed by atoms with van der Waals surface area (Å²) >= 11 is 10.0. The van der Waals surface area contributed by atoms with Crippen molar-refractivity contribution in [3.05, 3.63) is 0 Å². The van der Waals surface area contributed by atoms with Crippen molar-refractivity contribution in [2.45, 2.75) is 46.5 Å². The fourth-order valence-corrected chi connectivity index (χ4v) is 1.72. The van der Waals surface area contributed by atoms with Gasteiger partial charge in [-0.15, -0.1) is 0 Å². The van der Waals surface area contributed by atoms with E-state index in [9.17, 15) is 0 Å². The third-order valence-corrected chi connectivity index (χ3v) is 2.94. The minimum absolute atomic E-state index is 0. The summed E-state index contributed by atoms with van der Waals surface area (Å²) in [6.45, 7) is 2.21. The smallest absolute Gasteiger partial charge is 1.00 e. The van der Waals surface area contributed by atoms with Gasteiger partial charge in [0, 0.05) is 16.0 Å². The van der Waals surface area contributed by atoms with E-state index >= 15 is 0 Å². The maximum Gasteiger partial charge on any atom is 1.00 e. The number of unbranched alkanes of at least 4 members (excludes halogenated alkanes) is 3. The average molecular weight is 407 g/mol. The summed E-state index contributed by atoms with van der Waals surface area (Å²) < 4.78 is 0. The molecule has 0 amide bonds. The number of halogens is 3. The van der Waals surface area contributed by atoms with Gasteiger partial charge in [0.1, 0.15) is 0 Å². The predicted octanol–water partition coefficient (Wildman–Crippen LogP) is 2.88. The number of hydrogen-bond donors (Lipinski definition) is 0. The number of rotatable bonds is 6. The molecule has 86 valence electrons. The molecule has 0 aromatic rings. The van der Waals surface area contributed by atoms with Crippen molar-refractivity contribution >= 4 is 47.8 Å². The van der Waals surface area contributed by atoms with Gasteiger partial charge >= 0.3 is 29.6 Å². The fraction of sp³-hybridized carbons (Fsp3) is 1.00. The molecule has 0 aliphatic heterocycles. The van der Waals surface area contributed by atoms with E-state index in [1.165, 1.54) is 37.4 Å².